The maximum atomic E-state index is 12.1. The molecule has 5 heteroatoms. The zero-order valence-corrected chi connectivity index (χ0v) is 14.1. The summed E-state index contributed by atoms with van der Waals surface area (Å²) in [6, 6.07) is 19.2. The lowest BCUT2D eigenvalue weighted by molar-refractivity contribution is 0.0988. The molecule has 0 saturated carbocycles. The Labute approximate surface area is 146 Å². The standard InChI is InChI=1S/C20H20N2O3/c1-15-13-19(25-22-15)20(23)21-17-10-5-11-18(14-17)24-12-6-9-16-7-3-2-4-8-16/h2-5,7-8,10-11,13-14H,6,9,12H2,1H3,(H,21,23). The van der Waals surface area contributed by atoms with E-state index in [1.54, 1.807) is 25.1 Å². The molecule has 0 spiro atoms. The highest BCUT2D eigenvalue weighted by Crippen LogP contribution is 2.18. The number of nitrogens with one attached hydrogen (secondary N) is 1. The fraction of sp³-hybridized carbons (Fsp3) is 0.200. The average Bonchev–Trinajstić information content (AvgIpc) is 3.07. The van der Waals surface area contributed by atoms with Crippen molar-refractivity contribution in [3.05, 3.63) is 77.7 Å². The van der Waals surface area contributed by atoms with Crippen LogP contribution in [0.2, 0.25) is 0 Å². The van der Waals surface area contributed by atoms with E-state index in [-0.39, 0.29) is 11.7 Å². The van der Waals surface area contributed by atoms with Crippen molar-refractivity contribution < 1.29 is 14.1 Å². The molecule has 1 amide bonds. The van der Waals surface area contributed by atoms with Gasteiger partial charge in [0.2, 0.25) is 5.76 Å². The average molecular weight is 336 g/mol. The highest BCUT2D eigenvalue weighted by Gasteiger charge is 2.11. The zero-order valence-electron chi connectivity index (χ0n) is 14.1. The fourth-order valence-electron chi connectivity index (χ4n) is 2.44. The van der Waals surface area contributed by atoms with E-state index < -0.39 is 0 Å². The minimum atomic E-state index is -0.332. The first kappa shape index (κ1) is 16.8. The highest BCUT2D eigenvalue weighted by atomic mass is 16.5. The van der Waals surface area contributed by atoms with Gasteiger partial charge >= 0.3 is 0 Å². The van der Waals surface area contributed by atoms with Gasteiger partial charge in [-0.1, -0.05) is 41.6 Å². The maximum absolute atomic E-state index is 12.1. The third-order valence-corrected chi connectivity index (χ3v) is 3.67. The summed E-state index contributed by atoms with van der Waals surface area (Å²) in [6.45, 7) is 2.39. The number of amides is 1. The van der Waals surface area contributed by atoms with Crippen LogP contribution >= 0.6 is 0 Å². The minimum Gasteiger partial charge on any atom is -0.494 e. The van der Waals surface area contributed by atoms with Crippen LogP contribution in [-0.4, -0.2) is 17.7 Å². The van der Waals surface area contributed by atoms with Crippen LogP contribution in [0.5, 0.6) is 5.75 Å². The van der Waals surface area contributed by atoms with Crippen molar-refractivity contribution in [2.24, 2.45) is 0 Å². The van der Waals surface area contributed by atoms with Crippen molar-refractivity contribution in [1.29, 1.82) is 0 Å². The third kappa shape index (κ3) is 4.94. The van der Waals surface area contributed by atoms with Crippen LogP contribution in [-0.2, 0) is 6.42 Å². The van der Waals surface area contributed by atoms with Crippen molar-refractivity contribution in [3.8, 4) is 5.75 Å². The summed E-state index contributed by atoms with van der Waals surface area (Å²) >= 11 is 0. The zero-order chi connectivity index (χ0) is 17.5. The summed E-state index contributed by atoms with van der Waals surface area (Å²) in [5.74, 6) is 0.577. The molecule has 0 radical (unpaired) electrons. The molecule has 0 unspecified atom stereocenters. The number of carbonyl (C=O) groups excluding carboxylic acids is 1. The minimum absolute atomic E-state index is 0.187. The Morgan fingerprint density at radius 1 is 1.12 bits per heavy atom. The number of carbonyl (C=O) groups is 1. The van der Waals surface area contributed by atoms with Gasteiger partial charge in [0, 0.05) is 17.8 Å². The molecule has 5 nitrogen and oxygen atoms in total. The first-order valence-corrected chi connectivity index (χ1v) is 8.22. The van der Waals surface area contributed by atoms with E-state index in [1.165, 1.54) is 5.56 Å². The van der Waals surface area contributed by atoms with E-state index in [2.05, 4.69) is 22.6 Å². The normalized spacial score (nSPS) is 10.4. The van der Waals surface area contributed by atoms with Gasteiger partial charge in [0.1, 0.15) is 5.75 Å². The van der Waals surface area contributed by atoms with E-state index in [0.29, 0.717) is 18.0 Å². The van der Waals surface area contributed by atoms with Gasteiger partial charge in [-0.15, -0.1) is 0 Å². The summed E-state index contributed by atoms with van der Waals surface area (Å²) in [5.41, 5.74) is 2.62. The number of benzene rings is 2. The van der Waals surface area contributed by atoms with E-state index in [9.17, 15) is 4.79 Å². The van der Waals surface area contributed by atoms with Crippen LogP contribution in [0.1, 0.15) is 28.2 Å². The predicted octanol–water partition coefficient (Wildman–Crippen LogP) is 4.25. The van der Waals surface area contributed by atoms with Crippen molar-refractivity contribution in [1.82, 2.24) is 5.16 Å². The van der Waals surface area contributed by atoms with E-state index in [0.717, 1.165) is 18.6 Å². The quantitative estimate of drug-likeness (QED) is 0.655. The molecule has 0 aliphatic carbocycles. The molecule has 2 aromatic carbocycles. The maximum Gasteiger partial charge on any atom is 0.294 e. The number of hydrogen-bond donors (Lipinski definition) is 1. The number of aromatic nitrogens is 1. The van der Waals surface area contributed by atoms with Crippen molar-refractivity contribution in [2.45, 2.75) is 19.8 Å². The fourth-order valence-corrected chi connectivity index (χ4v) is 2.44. The molecule has 0 fully saturated rings. The molecule has 3 aromatic rings. The molecule has 0 saturated heterocycles. The molecule has 0 aliphatic rings. The number of hydrogen-bond acceptors (Lipinski definition) is 4. The van der Waals surface area contributed by atoms with Crippen molar-refractivity contribution in [2.75, 3.05) is 11.9 Å². The molecular weight excluding hydrogens is 316 g/mol. The number of rotatable bonds is 7. The van der Waals surface area contributed by atoms with E-state index in [4.69, 9.17) is 9.26 Å². The Morgan fingerprint density at radius 2 is 1.96 bits per heavy atom. The van der Waals surface area contributed by atoms with Gasteiger partial charge in [-0.2, -0.15) is 0 Å². The number of nitrogens with zero attached hydrogens (tertiary/aromatic N) is 1. The summed E-state index contributed by atoms with van der Waals surface area (Å²) < 4.78 is 10.7. The molecular formula is C20H20N2O3. The van der Waals surface area contributed by atoms with E-state index in [1.807, 2.05) is 30.3 Å². The number of anilines is 1. The topological polar surface area (TPSA) is 64.4 Å². The molecule has 128 valence electrons. The molecule has 1 N–H and O–H groups in total. The lowest BCUT2D eigenvalue weighted by Gasteiger charge is -2.08. The second kappa shape index (κ2) is 8.15. The molecule has 0 aliphatic heterocycles. The third-order valence-electron chi connectivity index (χ3n) is 3.67. The van der Waals surface area contributed by atoms with Gasteiger partial charge in [0.25, 0.3) is 5.91 Å². The summed E-state index contributed by atoms with van der Waals surface area (Å²) in [5, 5.41) is 6.49. The number of ether oxygens (including phenoxy) is 1. The van der Waals surface area contributed by atoms with E-state index >= 15 is 0 Å². The van der Waals surface area contributed by atoms with Gasteiger partial charge < -0.3 is 14.6 Å². The molecule has 25 heavy (non-hydrogen) atoms. The van der Waals surface area contributed by atoms with Gasteiger partial charge in [0.05, 0.1) is 12.3 Å². The summed E-state index contributed by atoms with van der Waals surface area (Å²) in [7, 11) is 0. The van der Waals surface area contributed by atoms with Crippen LogP contribution in [0, 0.1) is 6.92 Å². The van der Waals surface area contributed by atoms with Gasteiger partial charge in [0.15, 0.2) is 0 Å². The predicted molar refractivity (Wildman–Crippen MR) is 95.9 cm³/mol. The molecule has 1 heterocycles. The Balaban J connectivity index is 1.50. The molecule has 0 atom stereocenters. The van der Waals surface area contributed by atoms with Gasteiger partial charge in [-0.3, -0.25) is 4.79 Å². The monoisotopic (exact) mass is 336 g/mol. The summed E-state index contributed by atoms with van der Waals surface area (Å²) in [4.78, 5) is 12.1. The van der Waals surface area contributed by atoms with Gasteiger partial charge in [-0.05, 0) is 37.5 Å². The molecule has 3 rings (SSSR count). The highest BCUT2D eigenvalue weighted by molar-refractivity contribution is 6.02. The molecule has 1 aromatic heterocycles. The Hall–Kier alpha value is -3.08. The second-order valence-electron chi connectivity index (χ2n) is 5.75. The summed E-state index contributed by atoms with van der Waals surface area (Å²) in [6.07, 6.45) is 1.90. The Morgan fingerprint density at radius 3 is 2.72 bits per heavy atom. The van der Waals surface area contributed by atoms with Crippen molar-refractivity contribution in [3.63, 3.8) is 0 Å². The first-order chi connectivity index (χ1) is 12.2. The first-order valence-electron chi connectivity index (χ1n) is 8.22. The van der Waals surface area contributed by atoms with Crippen molar-refractivity contribution >= 4 is 11.6 Å². The van der Waals surface area contributed by atoms with Gasteiger partial charge in [-0.25, -0.2) is 0 Å². The Bertz CT molecular complexity index is 828. The SMILES string of the molecule is Cc1cc(C(=O)Nc2cccc(OCCCc3ccccc3)c2)on1. The van der Waals surface area contributed by atoms with Crippen LogP contribution < -0.4 is 10.1 Å². The van der Waals surface area contributed by atoms with Crippen LogP contribution in [0.25, 0.3) is 0 Å². The smallest absolute Gasteiger partial charge is 0.294 e. The second-order valence-corrected chi connectivity index (χ2v) is 5.75. The Kier molecular flexibility index (Phi) is 5.46. The number of aryl methyl sites for hydroxylation is 2. The molecule has 0 bridgehead atoms. The van der Waals surface area contributed by atoms with Crippen LogP contribution in [0.15, 0.2) is 65.2 Å². The lowest BCUT2D eigenvalue weighted by Crippen LogP contribution is -2.11. The largest absolute Gasteiger partial charge is 0.494 e. The van der Waals surface area contributed by atoms with Crippen LogP contribution in [0.3, 0.4) is 0 Å². The van der Waals surface area contributed by atoms with Crippen LogP contribution in [0.4, 0.5) is 5.69 Å². The lowest BCUT2D eigenvalue weighted by atomic mass is 10.1.